The summed E-state index contributed by atoms with van der Waals surface area (Å²) in [5.41, 5.74) is 0.273. The van der Waals surface area contributed by atoms with Crippen LogP contribution in [0, 0.1) is 0 Å². The van der Waals surface area contributed by atoms with Crippen LogP contribution in [0.25, 0.3) is 16.7 Å². The Balaban J connectivity index is 1.68. The summed E-state index contributed by atoms with van der Waals surface area (Å²) >= 11 is 0. The van der Waals surface area contributed by atoms with Crippen molar-refractivity contribution in [2.75, 3.05) is 19.0 Å². The molecule has 10 nitrogen and oxygen atoms in total. The number of anilines is 1. The number of carbonyl (C=O) groups excluding carboxylic acids is 1. The van der Waals surface area contributed by atoms with Crippen LogP contribution in [-0.4, -0.2) is 44.5 Å². The number of amides is 1. The second kappa shape index (κ2) is 9.92. The van der Waals surface area contributed by atoms with Gasteiger partial charge in [0.2, 0.25) is 11.7 Å². The Morgan fingerprint density at radius 2 is 1.82 bits per heavy atom. The van der Waals surface area contributed by atoms with Crippen LogP contribution in [0.4, 0.5) is 5.69 Å². The van der Waals surface area contributed by atoms with E-state index in [4.69, 9.17) is 9.47 Å². The Kier molecular flexibility index (Phi) is 6.78. The van der Waals surface area contributed by atoms with Crippen LogP contribution in [0.15, 0.2) is 58.1 Å². The quantitative estimate of drug-likeness (QED) is 0.380. The lowest BCUT2D eigenvalue weighted by Gasteiger charge is -2.11. The maximum absolute atomic E-state index is 13.2. The van der Waals surface area contributed by atoms with E-state index in [1.807, 2.05) is 13.8 Å². The lowest BCUT2D eigenvalue weighted by molar-refractivity contribution is -0.117. The van der Waals surface area contributed by atoms with E-state index in [1.165, 1.54) is 8.97 Å². The number of fused-ring (bicyclic) bond motifs is 3. The Hall–Kier alpha value is -3.92. The van der Waals surface area contributed by atoms with E-state index in [9.17, 15) is 14.4 Å². The predicted molar refractivity (Wildman–Crippen MR) is 129 cm³/mol. The van der Waals surface area contributed by atoms with Crippen molar-refractivity contribution in [3.05, 3.63) is 69.4 Å². The smallest absolute Gasteiger partial charge is 0.352 e. The van der Waals surface area contributed by atoms with Crippen LogP contribution in [0.3, 0.4) is 0 Å². The maximum atomic E-state index is 13.2. The van der Waals surface area contributed by atoms with Crippen molar-refractivity contribution in [2.24, 2.45) is 0 Å². The van der Waals surface area contributed by atoms with E-state index in [1.54, 1.807) is 55.6 Å². The predicted octanol–water partition coefficient (Wildman–Crippen LogP) is 2.27. The van der Waals surface area contributed by atoms with Crippen LogP contribution >= 0.6 is 0 Å². The van der Waals surface area contributed by atoms with Crippen molar-refractivity contribution in [3.8, 4) is 5.75 Å². The number of nitrogens with zero attached hydrogens (tertiary/aromatic N) is 4. The number of hydrogen-bond donors (Lipinski definition) is 1. The molecule has 0 saturated heterocycles. The molecule has 0 saturated carbocycles. The minimum Gasteiger partial charge on any atom is -0.497 e. The molecule has 0 fully saturated rings. The fourth-order valence-electron chi connectivity index (χ4n) is 3.72. The SMILES string of the molecule is COc1ccc(NC(=O)Cn2nc3n(CCCOC(C)C)c(=O)c4ccccc4n3c2=O)cc1. The molecular weight excluding hydrogens is 438 g/mol. The molecule has 0 unspecified atom stereocenters. The summed E-state index contributed by atoms with van der Waals surface area (Å²) in [7, 11) is 1.56. The highest BCUT2D eigenvalue weighted by Crippen LogP contribution is 2.15. The second-order valence-corrected chi connectivity index (χ2v) is 8.10. The number of hydrogen-bond acceptors (Lipinski definition) is 6. The molecule has 1 amide bonds. The van der Waals surface area contributed by atoms with Gasteiger partial charge in [-0.1, -0.05) is 12.1 Å². The highest BCUT2D eigenvalue weighted by atomic mass is 16.5. The minimum absolute atomic E-state index is 0.0828. The summed E-state index contributed by atoms with van der Waals surface area (Å²) in [6.45, 7) is 4.38. The number of para-hydroxylation sites is 1. The molecule has 2 aromatic carbocycles. The zero-order chi connectivity index (χ0) is 24.2. The van der Waals surface area contributed by atoms with Crippen molar-refractivity contribution in [3.63, 3.8) is 0 Å². The lowest BCUT2D eigenvalue weighted by Crippen LogP contribution is -2.29. The highest BCUT2D eigenvalue weighted by Gasteiger charge is 2.18. The molecule has 0 spiro atoms. The second-order valence-electron chi connectivity index (χ2n) is 8.10. The monoisotopic (exact) mass is 465 g/mol. The van der Waals surface area contributed by atoms with Gasteiger partial charge in [-0.05, 0) is 56.7 Å². The Morgan fingerprint density at radius 3 is 2.53 bits per heavy atom. The number of aryl methyl sites for hydroxylation is 1. The number of nitrogens with one attached hydrogen (secondary N) is 1. The lowest BCUT2D eigenvalue weighted by atomic mass is 10.2. The zero-order valence-electron chi connectivity index (χ0n) is 19.4. The van der Waals surface area contributed by atoms with Crippen molar-refractivity contribution < 1.29 is 14.3 Å². The molecule has 2 heterocycles. The molecule has 34 heavy (non-hydrogen) atoms. The standard InChI is InChI=1S/C24H27N5O5/c1-16(2)34-14-6-13-27-22(31)19-7-4-5-8-20(19)29-23(27)26-28(24(29)32)15-21(30)25-17-9-11-18(33-3)12-10-17/h4-5,7-12,16H,6,13-15H2,1-3H3,(H,25,30). The van der Waals surface area contributed by atoms with E-state index in [2.05, 4.69) is 10.4 Å². The number of rotatable bonds is 9. The number of aromatic nitrogens is 4. The van der Waals surface area contributed by atoms with Gasteiger partial charge in [0.05, 0.1) is 24.1 Å². The minimum atomic E-state index is -0.497. The highest BCUT2D eigenvalue weighted by molar-refractivity contribution is 5.90. The van der Waals surface area contributed by atoms with Gasteiger partial charge >= 0.3 is 5.69 Å². The van der Waals surface area contributed by atoms with Gasteiger partial charge in [0.1, 0.15) is 12.3 Å². The van der Waals surface area contributed by atoms with Gasteiger partial charge in [-0.25, -0.2) is 13.9 Å². The van der Waals surface area contributed by atoms with Crippen molar-refractivity contribution in [1.29, 1.82) is 0 Å². The first kappa shape index (κ1) is 23.2. The van der Waals surface area contributed by atoms with Crippen LogP contribution in [0.2, 0.25) is 0 Å². The van der Waals surface area contributed by atoms with Gasteiger partial charge in [0.15, 0.2) is 0 Å². The van der Waals surface area contributed by atoms with Gasteiger partial charge in [0.25, 0.3) is 5.56 Å². The largest absolute Gasteiger partial charge is 0.497 e. The van der Waals surface area contributed by atoms with E-state index < -0.39 is 11.6 Å². The van der Waals surface area contributed by atoms with Crippen molar-refractivity contribution >= 4 is 28.3 Å². The fourth-order valence-corrected chi connectivity index (χ4v) is 3.72. The summed E-state index contributed by atoms with van der Waals surface area (Å²) in [5.74, 6) is 0.438. The topological polar surface area (TPSA) is 109 Å². The van der Waals surface area contributed by atoms with Gasteiger partial charge in [-0.3, -0.25) is 14.2 Å². The third-order valence-corrected chi connectivity index (χ3v) is 5.33. The summed E-state index contributed by atoms with van der Waals surface area (Å²) in [6, 6.07) is 13.7. The van der Waals surface area contributed by atoms with Gasteiger partial charge < -0.3 is 14.8 Å². The summed E-state index contributed by atoms with van der Waals surface area (Å²) < 4.78 is 14.6. The molecule has 1 N–H and O–H groups in total. The van der Waals surface area contributed by atoms with Crippen LogP contribution in [0.5, 0.6) is 5.75 Å². The van der Waals surface area contributed by atoms with Crippen molar-refractivity contribution in [1.82, 2.24) is 18.7 Å². The molecule has 10 heteroatoms. The first-order valence-corrected chi connectivity index (χ1v) is 11.1. The van der Waals surface area contributed by atoms with E-state index in [-0.39, 0.29) is 24.0 Å². The Labute approximate surface area is 195 Å². The van der Waals surface area contributed by atoms with E-state index in [0.717, 1.165) is 4.68 Å². The third-order valence-electron chi connectivity index (χ3n) is 5.33. The molecule has 0 atom stereocenters. The average molecular weight is 466 g/mol. The molecule has 178 valence electrons. The van der Waals surface area contributed by atoms with Gasteiger partial charge in [-0.15, -0.1) is 5.10 Å². The van der Waals surface area contributed by atoms with Crippen molar-refractivity contribution in [2.45, 2.75) is 39.5 Å². The molecule has 0 aliphatic rings. The van der Waals surface area contributed by atoms with E-state index >= 15 is 0 Å². The summed E-state index contributed by atoms with van der Waals surface area (Å²) in [5, 5.41) is 7.50. The summed E-state index contributed by atoms with van der Waals surface area (Å²) in [6.07, 6.45) is 0.657. The number of benzene rings is 2. The summed E-state index contributed by atoms with van der Waals surface area (Å²) in [4.78, 5) is 39.0. The number of methoxy groups -OCH3 is 1. The molecule has 2 aromatic heterocycles. The zero-order valence-corrected chi connectivity index (χ0v) is 19.4. The third kappa shape index (κ3) is 4.72. The van der Waals surface area contributed by atoms with Crippen LogP contribution in [-0.2, 0) is 22.6 Å². The molecule has 4 rings (SSSR count). The number of carbonyl (C=O) groups is 1. The normalized spacial score (nSPS) is 11.4. The molecular formula is C24H27N5O5. The molecule has 0 aliphatic carbocycles. The first-order chi connectivity index (χ1) is 16.4. The Bertz CT molecular complexity index is 1430. The van der Waals surface area contributed by atoms with Gasteiger partial charge in [0, 0.05) is 18.8 Å². The molecule has 0 bridgehead atoms. The van der Waals surface area contributed by atoms with Crippen LogP contribution in [0.1, 0.15) is 20.3 Å². The average Bonchev–Trinajstić information content (AvgIpc) is 3.14. The maximum Gasteiger partial charge on any atom is 0.352 e. The Morgan fingerprint density at radius 1 is 1.09 bits per heavy atom. The first-order valence-electron chi connectivity index (χ1n) is 11.1. The van der Waals surface area contributed by atoms with Gasteiger partial charge in [-0.2, -0.15) is 0 Å². The fraction of sp³-hybridized carbons (Fsp3) is 0.333. The number of ether oxygens (including phenoxy) is 2. The molecule has 0 aliphatic heterocycles. The van der Waals surface area contributed by atoms with E-state index in [0.29, 0.717) is 41.9 Å². The van der Waals surface area contributed by atoms with Crippen LogP contribution < -0.4 is 21.3 Å². The molecule has 4 aromatic rings. The molecule has 0 radical (unpaired) electrons.